The third-order valence-electron chi connectivity index (χ3n) is 3.83. The lowest BCUT2D eigenvalue weighted by Gasteiger charge is -2.34. The Hall–Kier alpha value is -1.45. The summed E-state index contributed by atoms with van der Waals surface area (Å²) in [4.78, 5) is 17.2. The Bertz CT molecular complexity index is 367. The number of aromatic amines is 1. The van der Waals surface area contributed by atoms with Crippen molar-refractivity contribution >= 4 is 11.8 Å². The van der Waals surface area contributed by atoms with E-state index in [0.717, 1.165) is 31.5 Å². The van der Waals surface area contributed by atoms with E-state index in [4.69, 9.17) is 4.74 Å². The van der Waals surface area contributed by atoms with Crippen LogP contribution in [0.4, 0.5) is 5.82 Å². The molecule has 4 nitrogen and oxygen atoms in total. The van der Waals surface area contributed by atoms with Crippen LogP contribution in [0.1, 0.15) is 32.6 Å². The van der Waals surface area contributed by atoms with Gasteiger partial charge in [-0.3, -0.25) is 4.79 Å². The van der Waals surface area contributed by atoms with Crippen molar-refractivity contribution < 1.29 is 9.53 Å². The molecule has 0 aromatic carbocycles. The van der Waals surface area contributed by atoms with Crippen molar-refractivity contribution in [3.63, 3.8) is 0 Å². The summed E-state index contributed by atoms with van der Waals surface area (Å²) in [6, 6.07) is 4.61. The van der Waals surface area contributed by atoms with E-state index in [0.29, 0.717) is 12.6 Å². The monoisotopic (exact) mass is 250 g/mol. The van der Waals surface area contributed by atoms with E-state index in [1.165, 1.54) is 0 Å². The molecule has 18 heavy (non-hydrogen) atoms. The molecular weight excluding hydrogens is 228 g/mol. The number of anilines is 1. The maximum atomic E-state index is 11.7. The summed E-state index contributed by atoms with van der Waals surface area (Å²) in [5, 5.41) is 0. The molecule has 1 aromatic rings. The van der Waals surface area contributed by atoms with Gasteiger partial charge in [-0.05, 0) is 44.7 Å². The number of rotatable bonds is 4. The number of esters is 1. The molecule has 1 aliphatic carbocycles. The fraction of sp³-hybridized carbons (Fsp3) is 0.643. The summed E-state index contributed by atoms with van der Waals surface area (Å²) < 4.78 is 5.09. The van der Waals surface area contributed by atoms with E-state index in [1.807, 2.05) is 19.2 Å². The molecule has 1 N–H and O–H groups in total. The zero-order valence-electron chi connectivity index (χ0n) is 11.2. The molecule has 0 bridgehead atoms. The van der Waals surface area contributed by atoms with Gasteiger partial charge in [0.15, 0.2) is 0 Å². The lowest BCUT2D eigenvalue weighted by atomic mass is 9.85. The van der Waals surface area contributed by atoms with Crippen LogP contribution in [0.15, 0.2) is 18.3 Å². The molecule has 0 aliphatic heterocycles. The van der Waals surface area contributed by atoms with E-state index in [1.54, 1.807) is 0 Å². The quantitative estimate of drug-likeness (QED) is 0.835. The minimum Gasteiger partial charge on any atom is -0.466 e. The van der Waals surface area contributed by atoms with Gasteiger partial charge in [-0.2, -0.15) is 0 Å². The Morgan fingerprint density at radius 3 is 2.72 bits per heavy atom. The Balaban J connectivity index is 1.85. The zero-order valence-corrected chi connectivity index (χ0v) is 11.2. The molecule has 100 valence electrons. The molecule has 1 fully saturated rings. The number of carbonyl (C=O) groups excluding carboxylic acids is 1. The van der Waals surface area contributed by atoms with Crippen molar-refractivity contribution in [3.8, 4) is 0 Å². The number of hydrogen-bond acceptors (Lipinski definition) is 3. The fourth-order valence-corrected chi connectivity index (χ4v) is 2.70. The van der Waals surface area contributed by atoms with Gasteiger partial charge >= 0.3 is 5.97 Å². The number of ether oxygens (including phenoxy) is 1. The molecule has 0 amide bonds. The first-order valence-electron chi connectivity index (χ1n) is 6.75. The van der Waals surface area contributed by atoms with Crippen LogP contribution in [-0.4, -0.2) is 30.6 Å². The molecular formula is C14H22N2O2. The van der Waals surface area contributed by atoms with Gasteiger partial charge in [-0.1, -0.05) is 0 Å². The van der Waals surface area contributed by atoms with Crippen LogP contribution in [0.5, 0.6) is 0 Å². The molecule has 2 rings (SSSR count). The largest absolute Gasteiger partial charge is 0.466 e. The molecule has 0 spiro atoms. The van der Waals surface area contributed by atoms with Gasteiger partial charge in [0.1, 0.15) is 5.82 Å². The highest BCUT2D eigenvalue weighted by Crippen LogP contribution is 2.29. The van der Waals surface area contributed by atoms with E-state index >= 15 is 0 Å². The summed E-state index contributed by atoms with van der Waals surface area (Å²) in [6.07, 6.45) is 5.93. The molecule has 0 atom stereocenters. The Morgan fingerprint density at radius 1 is 1.44 bits per heavy atom. The van der Waals surface area contributed by atoms with Crippen molar-refractivity contribution in [2.24, 2.45) is 5.92 Å². The normalized spacial score (nSPS) is 23.7. The van der Waals surface area contributed by atoms with Crippen LogP contribution in [-0.2, 0) is 9.53 Å². The SMILES string of the molecule is CCOC(=O)C1CCC(N(C)c2ccc[nH]2)CC1. The highest BCUT2D eigenvalue weighted by Gasteiger charge is 2.29. The number of carbonyl (C=O) groups is 1. The summed E-state index contributed by atoms with van der Waals surface area (Å²) in [5.74, 6) is 1.24. The minimum atomic E-state index is -0.0153. The van der Waals surface area contributed by atoms with Crippen molar-refractivity contribution in [1.29, 1.82) is 0 Å². The van der Waals surface area contributed by atoms with E-state index < -0.39 is 0 Å². The van der Waals surface area contributed by atoms with Crippen molar-refractivity contribution in [3.05, 3.63) is 18.3 Å². The Morgan fingerprint density at radius 2 is 2.17 bits per heavy atom. The van der Waals surface area contributed by atoms with Crippen LogP contribution in [0.25, 0.3) is 0 Å². The first-order chi connectivity index (χ1) is 8.72. The fourth-order valence-electron chi connectivity index (χ4n) is 2.70. The van der Waals surface area contributed by atoms with E-state index in [9.17, 15) is 4.79 Å². The lowest BCUT2D eigenvalue weighted by Crippen LogP contribution is -2.37. The van der Waals surface area contributed by atoms with Gasteiger partial charge in [-0.15, -0.1) is 0 Å². The average Bonchev–Trinajstić information content (AvgIpc) is 2.92. The second-order valence-electron chi connectivity index (χ2n) is 4.92. The maximum absolute atomic E-state index is 11.7. The summed E-state index contributed by atoms with van der Waals surface area (Å²) >= 11 is 0. The van der Waals surface area contributed by atoms with Gasteiger partial charge in [-0.25, -0.2) is 0 Å². The first-order valence-corrected chi connectivity index (χ1v) is 6.75. The average molecular weight is 250 g/mol. The third kappa shape index (κ3) is 2.86. The van der Waals surface area contributed by atoms with Crippen molar-refractivity contribution in [2.75, 3.05) is 18.6 Å². The van der Waals surface area contributed by atoms with Crippen LogP contribution >= 0.6 is 0 Å². The minimum absolute atomic E-state index is 0.0153. The van der Waals surface area contributed by atoms with Gasteiger partial charge < -0.3 is 14.6 Å². The Kier molecular flexibility index (Phi) is 4.28. The molecule has 0 radical (unpaired) electrons. The van der Waals surface area contributed by atoms with Crippen LogP contribution in [0, 0.1) is 5.92 Å². The van der Waals surface area contributed by atoms with Crippen LogP contribution in [0.2, 0.25) is 0 Å². The zero-order chi connectivity index (χ0) is 13.0. The lowest BCUT2D eigenvalue weighted by molar-refractivity contribution is -0.149. The van der Waals surface area contributed by atoms with Crippen LogP contribution < -0.4 is 4.90 Å². The number of hydrogen-bond donors (Lipinski definition) is 1. The van der Waals surface area contributed by atoms with Gasteiger partial charge in [0.25, 0.3) is 0 Å². The molecule has 0 saturated heterocycles. The maximum Gasteiger partial charge on any atom is 0.308 e. The number of nitrogens with zero attached hydrogens (tertiary/aromatic N) is 1. The summed E-state index contributed by atoms with van der Waals surface area (Å²) in [7, 11) is 2.11. The predicted molar refractivity (Wildman–Crippen MR) is 71.6 cm³/mol. The highest BCUT2D eigenvalue weighted by molar-refractivity contribution is 5.72. The molecule has 4 heteroatoms. The number of nitrogens with one attached hydrogen (secondary N) is 1. The number of H-pyrrole nitrogens is 1. The van der Waals surface area contributed by atoms with E-state index in [-0.39, 0.29) is 11.9 Å². The summed E-state index contributed by atoms with van der Waals surface area (Å²) in [5.41, 5.74) is 0. The highest BCUT2D eigenvalue weighted by atomic mass is 16.5. The van der Waals surface area contributed by atoms with E-state index in [2.05, 4.69) is 23.0 Å². The van der Waals surface area contributed by atoms with Crippen molar-refractivity contribution in [1.82, 2.24) is 4.98 Å². The molecule has 1 saturated carbocycles. The van der Waals surface area contributed by atoms with Crippen LogP contribution in [0.3, 0.4) is 0 Å². The molecule has 1 aliphatic rings. The van der Waals surface area contributed by atoms with Gasteiger partial charge in [0.05, 0.1) is 12.5 Å². The topological polar surface area (TPSA) is 45.3 Å². The third-order valence-corrected chi connectivity index (χ3v) is 3.83. The molecule has 1 heterocycles. The molecule has 0 unspecified atom stereocenters. The summed E-state index contributed by atoms with van der Waals surface area (Å²) in [6.45, 7) is 2.35. The standard InChI is InChI=1S/C14H22N2O2/c1-3-18-14(17)11-6-8-12(9-7-11)16(2)13-5-4-10-15-13/h4-5,10-12,15H,3,6-9H2,1-2H3. The number of aromatic nitrogens is 1. The van der Waals surface area contributed by atoms with Crippen molar-refractivity contribution in [2.45, 2.75) is 38.6 Å². The van der Waals surface area contributed by atoms with Gasteiger partial charge in [0, 0.05) is 19.3 Å². The molecule has 1 aromatic heterocycles. The second kappa shape index (κ2) is 5.94. The van der Waals surface area contributed by atoms with Gasteiger partial charge in [0.2, 0.25) is 0 Å². The second-order valence-corrected chi connectivity index (χ2v) is 4.92. The first kappa shape index (κ1) is 13.0. The predicted octanol–water partition coefficient (Wildman–Crippen LogP) is 2.57. The smallest absolute Gasteiger partial charge is 0.308 e. The Labute approximate surface area is 108 Å².